The van der Waals surface area contributed by atoms with E-state index in [2.05, 4.69) is 66.7 Å². The minimum absolute atomic E-state index is 1.18. The van der Waals surface area contributed by atoms with Crippen molar-refractivity contribution in [2.75, 3.05) is 0 Å². The Balaban J connectivity index is 2.46. The summed E-state index contributed by atoms with van der Waals surface area (Å²) in [6.45, 7) is 0. The third-order valence-electron chi connectivity index (χ3n) is 3.50. The van der Waals surface area contributed by atoms with E-state index in [9.17, 15) is 0 Å². The van der Waals surface area contributed by atoms with Crippen molar-refractivity contribution < 1.29 is 0 Å². The van der Waals surface area contributed by atoms with E-state index in [0.717, 1.165) is 0 Å². The summed E-state index contributed by atoms with van der Waals surface area (Å²) in [6, 6.07) is 27.5. The van der Waals surface area contributed by atoms with Crippen LogP contribution < -0.4 is 0 Å². The number of benzene rings is 4. The number of hydrogen-bond acceptors (Lipinski definition) is 0. The zero-order valence-electron chi connectivity index (χ0n) is 9.77. The molecule has 18 heavy (non-hydrogen) atoms. The molecule has 4 rings (SSSR count). The highest BCUT2D eigenvalue weighted by Crippen LogP contribution is 2.33. The van der Waals surface area contributed by atoms with Crippen molar-refractivity contribution in [1.82, 2.24) is 0 Å². The fourth-order valence-corrected chi connectivity index (χ4v) is 2.71. The van der Waals surface area contributed by atoms with Crippen LogP contribution in [-0.4, -0.2) is 0 Å². The maximum absolute atomic E-state index is 3.33. The predicted molar refractivity (Wildman–Crippen MR) is 76.6 cm³/mol. The van der Waals surface area contributed by atoms with Crippen molar-refractivity contribution in [2.24, 2.45) is 0 Å². The van der Waals surface area contributed by atoms with Crippen LogP contribution in [0.1, 0.15) is 0 Å². The lowest BCUT2D eigenvalue weighted by Gasteiger charge is -2.09. The molecule has 4 aromatic carbocycles. The Kier molecular flexibility index (Phi) is 1.92. The summed E-state index contributed by atoms with van der Waals surface area (Å²) in [6.07, 6.45) is 0. The second-order valence-corrected chi connectivity index (χ2v) is 4.48. The van der Waals surface area contributed by atoms with Gasteiger partial charge in [0.1, 0.15) is 0 Å². The van der Waals surface area contributed by atoms with Crippen LogP contribution in [0.3, 0.4) is 0 Å². The Morgan fingerprint density at radius 1 is 0.611 bits per heavy atom. The third-order valence-corrected chi connectivity index (χ3v) is 3.50. The van der Waals surface area contributed by atoms with Crippen molar-refractivity contribution in [1.29, 1.82) is 0 Å². The van der Waals surface area contributed by atoms with Gasteiger partial charge in [-0.2, -0.15) is 0 Å². The van der Waals surface area contributed by atoms with Crippen LogP contribution in [-0.2, 0) is 0 Å². The predicted octanol–water partition coefficient (Wildman–Crippen LogP) is 4.75. The van der Waals surface area contributed by atoms with E-state index < -0.39 is 0 Å². The maximum Gasteiger partial charge on any atom is -0.00197 e. The van der Waals surface area contributed by atoms with Gasteiger partial charge in [-0.15, -0.1) is 0 Å². The van der Waals surface area contributed by atoms with E-state index in [1.54, 1.807) is 0 Å². The van der Waals surface area contributed by atoms with Crippen molar-refractivity contribution >= 4 is 32.3 Å². The summed E-state index contributed by atoms with van der Waals surface area (Å²) in [5.74, 6) is 0. The molecule has 0 N–H and O–H groups in total. The van der Waals surface area contributed by atoms with Crippen LogP contribution in [0.4, 0.5) is 0 Å². The molecule has 0 unspecified atom stereocenters. The molecule has 4 aromatic rings. The molecule has 0 saturated heterocycles. The second-order valence-electron chi connectivity index (χ2n) is 4.48. The molecular formula is C18H10. The van der Waals surface area contributed by atoms with E-state index in [0.29, 0.717) is 0 Å². The highest BCUT2D eigenvalue weighted by atomic mass is 14.1. The SMILES string of the molecule is [c]1c[c]c2c(c1)c1ccccc1c1ccccc21. The first-order chi connectivity index (χ1) is 8.95. The van der Waals surface area contributed by atoms with Gasteiger partial charge in [0, 0.05) is 0 Å². The first-order valence-electron chi connectivity index (χ1n) is 6.06. The van der Waals surface area contributed by atoms with E-state index in [1.807, 2.05) is 6.07 Å². The first kappa shape index (κ1) is 9.67. The normalized spacial score (nSPS) is 11.3. The summed E-state index contributed by atoms with van der Waals surface area (Å²) in [7, 11) is 0. The van der Waals surface area contributed by atoms with E-state index in [4.69, 9.17) is 0 Å². The Morgan fingerprint density at radius 2 is 1.17 bits per heavy atom. The Labute approximate surface area is 105 Å². The van der Waals surface area contributed by atoms with Crippen LogP contribution in [0, 0.1) is 12.1 Å². The molecule has 0 fully saturated rings. The van der Waals surface area contributed by atoms with Crippen LogP contribution in [0.15, 0.2) is 60.7 Å². The third kappa shape index (κ3) is 1.20. The lowest BCUT2D eigenvalue weighted by atomic mass is 9.95. The Morgan fingerprint density at radius 3 is 1.89 bits per heavy atom. The summed E-state index contributed by atoms with van der Waals surface area (Å²) >= 11 is 0. The lowest BCUT2D eigenvalue weighted by Crippen LogP contribution is -1.82. The summed E-state index contributed by atoms with van der Waals surface area (Å²) in [5.41, 5.74) is 0. The van der Waals surface area contributed by atoms with Gasteiger partial charge >= 0.3 is 0 Å². The van der Waals surface area contributed by atoms with Gasteiger partial charge in [0.05, 0.1) is 0 Å². The maximum atomic E-state index is 3.33. The summed E-state index contributed by atoms with van der Waals surface area (Å²) in [5, 5.41) is 7.55. The zero-order chi connectivity index (χ0) is 11.9. The topological polar surface area (TPSA) is 0 Å². The molecule has 0 spiro atoms. The monoisotopic (exact) mass is 226 g/mol. The molecule has 0 heterocycles. The highest BCUT2D eigenvalue weighted by molar-refractivity contribution is 6.24. The zero-order valence-corrected chi connectivity index (χ0v) is 9.77. The molecule has 0 bridgehead atoms. The fraction of sp³-hybridized carbons (Fsp3) is 0. The minimum Gasteiger partial charge on any atom is -0.0616 e. The average Bonchev–Trinajstić information content (AvgIpc) is 2.48. The van der Waals surface area contributed by atoms with Gasteiger partial charge in [-0.25, -0.2) is 0 Å². The summed E-state index contributed by atoms with van der Waals surface area (Å²) < 4.78 is 0. The lowest BCUT2D eigenvalue weighted by molar-refractivity contribution is 1.75. The van der Waals surface area contributed by atoms with Crippen molar-refractivity contribution in [3.8, 4) is 0 Å². The van der Waals surface area contributed by atoms with Gasteiger partial charge in [0.25, 0.3) is 0 Å². The first-order valence-corrected chi connectivity index (χ1v) is 6.06. The van der Waals surface area contributed by atoms with E-state index in [1.165, 1.54) is 32.3 Å². The molecule has 0 atom stereocenters. The minimum atomic E-state index is 1.18. The number of fused-ring (bicyclic) bond motifs is 6. The van der Waals surface area contributed by atoms with Gasteiger partial charge in [0.15, 0.2) is 0 Å². The molecule has 2 radical (unpaired) electrons. The molecule has 82 valence electrons. The molecule has 0 saturated carbocycles. The molecule has 0 aliphatic rings. The van der Waals surface area contributed by atoms with Crippen molar-refractivity contribution in [3.05, 3.63) is 72.8 Å². The average molecular weight is 226 g/mol. The molecular weight excluding hydrogens is 216 g/mol. The summed E-state index contributed by atoms with van der Waals surface area (Å²) in [4.78, 5) is 0. The van der Waals surface area contributed by atoms with E-state index in [-0.39, 0.29) is 0 Å². The smallest absolute Gasteiger partial charge is 0.00197 e. The highest BCUT2D eigenvalue weighted by Gasteiger charge is 2.06. The van der Waals surface area contributed by atoms with Crippen LogP contribution in [0.5, 0.6) is 0 Å². The van der Waals surface area contributed by atoms with Crippen molar-refractivity contribution in [3.63, 3.8) is 0 Å². The standard InChI is InChI=1S/C18H10/c1-2-8-14-13(7-1)15-9-3-4-11-17(15)18-12-6-5-10-16(14)18/h1-5,7-9,11-12H. The van der Waals surface area contributed by atoms with Gasteiger partial charge in [-0.3, -0.25) is 0 Å². The second kappa shape index (κ2) is 3.58. The van der Waals surface area contributed by atoms with Crippen LogP contribution in [0.2, 0.25) is 0 Å². The molecule has 0 nitrogen and oxygen atoms in total. The molecule has 0 heteroatoms. The quantitative estimate of drug-likeness (QED) is 0.380. The van der Waals surface area contributed by atoms with Gasteiger partial charge < -0.3 is 0 Å². The fourth-order valence-electron chi connectivity index (χ4n) is 2.71. The van der Waals surface area contributed by atoms with Crippen LogP contribution in [0.25, 0.3) is 32.3 Å². The Hall–Kier alpha value is -2.34. The van der Waals surface area contributed by atoms with Gasteiger partial charge in [-0.1, -0.05) is 48.5 Å². The Bertz CT molecular complexity index is 652. The van der Waals surface area contributed by atoms with Gasteiger partial charge in [-0.05, 0) is 56.6 Å². The molecule has 0 aliphatic heterocycles. The van der Waals surface area contributed by atoms with Crippen LogP contribution >= 0.6 is 0 Å². The molecule has 0 aromatic heterocycles. The van der Waals surface area contributed by atoms with E-state index >= 15 is 0 Å². The number of hydrogen-bond donors (Lipinski definition) is 0. The van der Waals surface area contributed by atoms with Gasteiger partial charge in [0.2, 0.25) is 0 Å². The largest absolute Gasteiger partial charge is 0.0616 e. The number of rotatable bonds is 0. The van der Waals surface area contributed by atoms with Crippen molar-refractivity contribution in [2.45, 2.75) is 0 Å². The molecule has 0 amide bonds. The molecule has 0 aliphatic carbocycles.